The molecule has 5 heteroatoms. The molecule has 0 unspecified atom stereocenters. The fourth-order valence-electron chi connectivity index (χ4n) is 3.30. The van der Waals surface area contributed by atoms with Gasteiger partial charge >= 0.3 is 6.03 Å². The van der Waals surface area contributed by atoms with Crippen molar-refractivity contribution in [3.05, 3.63) is 71.0 Å². The largest absolute Gasteiger partial charge is 0.323 e. The number of carbonyl (C=O) groups is 1. The third-order valence-corrected chi connectivity index (χ3v) is 4.95. The van der Waals surface area contributed by atoms with Gasteiger partial charge in [-0.15, -0.1) is 0 Å². The van der Waals surface area contributed by atoms with Gasteiger partial charge in [-0.1, -0.05) is 38.1 Å². The first-order valence-corrected chi connectivity index (χ1v) is 8.53. The summed E-state index contributed by atoms with van der Waals surface area (Å²) in [6.45, 7) is 4.09. The highest BCUT2D eigenvalue weighted by Gasteiger charge is 2.36. The molecule has 0 heterocycles. The number of amides is 2. The predicted molar refractivity (Wildman–Crippen MR) is 99.6 cm³/mol. The average Bonchev–Trinajstić information content (AvgIpc) is 2.63. The van der Waals surface area contributed by atoms with Gasteiger partial charge < -0.3 is 10.6 Å². The van der Waals surface area contributed by atoms with Crippen molar-refractivity contribution in [2.24, 2.45) is 5.41 Å². The van der Waals surface area contributed by atoms with Crippen LogP contribution in [0.5, 0.6) is 0 Å². The molecule has 132 valence electrons. The number of halogens is 1. The lowest BCUT2D eigenvalue weighted by Gasteiger charge is -2.35. The Bertz CT molecular complexity index is 912. The smallest absolute Gasteiger partial charge is 0.308 e. The fraction of sp³-hybridized carbons (Fsp3) is 0.238. The van der Waals surface area contributed by atoms with Crippen molar-refractivity contribution in [2.45, 2.75) is 26.7 Å². The van der Waals surface area contributed by atoms with E-state index in [4.69, 9.17) is 0 Å². The zero-order chi connectivity index (χ0) is 18.7. The SMILES string of the molecule is CC[C@@]1(C)Cc2ccccc2C(NC(=O)Nc2ccc(F)cc2)=C1C#N. The highest BCUT2D eigenvalue weighted by atomic mass is 19.1. The van der Waals surface area contributed by atoms with Gasteiger partial charge in [-0.25, -0.2) is 9.18 Å². The molecule has 0 saturated heterocycles. The van der Waals surface area contributed by atoms with Crippen LogP contribution in [0.4, 0.5) is 14.9 Å². The monoisotopic (exact) mass is 349 g/mol. The van der Waals surface area contributed by atoms with Gasteiger partial charge in [-0.2, -0.15) is 5.26 Å². The Balaban J connectivity index is 1.95. The molecule has 0 radical (unpaired) electrons. The van der Waals surface area contributed by atoms with Crippen LogP contribution in [0.2, 0.25) is 0 Å². The summed E-state index contributed by atoms with van der Waals surface area (Å²) in [5.74, 6) is -0.370. The van der Waals surface area contributed by atoms with Crippen molar-refractivity contribution in [2.75, 3.05) is 5.32 Å². The minimum Gasteiger partial charge on any atom is -0.308 e. The number of anilines is 1. The minimum atomic E-state index is -0.463. The second-order valence-electron chi connectivity index (χ2n) is 6.70. The molecule has 0 bridgehead atoms. The molecule has 2 amide bonds. The number of nitrogens with zero attached hydrogens (tertiary/aromatic N) is 1. The van der Waals surface area contributed by atoms with E-state index >= 15 is 0 Å². The topological polar surface area (TPSA) is 64.9 Å². The summed E-state index contributed by atoms with van der Waals surface area (Å²) in [6.07, 6.45) is 1.54. The molecule has 0 saturated carbocycles. The summed E-state index contributed by atoms with van der Waals surface area (Å²) in [5, 5.41) is 15.3. The lowest BCUT2D eigenvalue weighted by atomic mass is 9.69. The van der Waals surface area contributed by atoms with E-state index in [1.807, 2.05) is 38.1 Å². The van der Waals surface area contributed by atoms with Gasteiger partial charge in [0.2, 0.25) is 0 Å². The Morgan fingerprint density at radius 1 is 1.19 bits per heavy atom. The maximum Gasteiger partial charge on any atom is 0.323 e. The number of nitrogens with one attached hydrogen (secondary N) is 2. The van der Waals surface area contributed by atoms with Crippen LogP contribution >= 0.6 is 0 Å². The van der Waals surface area contributed by atoms with Crippen molar-refractivity contribution < 1.29 is 9.18 Å². The Morgan fingerprint density at radius 3 is 2.54 bits per heavy atom. The Hall–Kier alpha value is -3.13. The number of rotatable bonds is 3. The Morgan fingerprint density at radius 2 is 1.88 bits per heavy atom. The van der Waals surface area contributed by atoms with Gasteiger partial charge in [0, 0.05) is 16.7 Å². The van der Waals surface area contributed by atoms with Crippen molar-refractivity contribution in [1.29, 1.82) is 5.26 Å². The van der Waals surface area contributed by atoms with Crippen LogP contribution in [-0.2, 0) is 6.42 Å². The number of urea groups is 1. The summed E-state index contributed by atoms with van der Waals surface area (Å²) < 4.78 is 13.0. The van der Waals surface area contributed by atoms with Gasteiger partial charge in [0.25, 0.3) is 0 Å². The first-order valence-electron chi connectivity index (χ1n) is 8.53. The zero-order valence-electron chi connectivity index (χ0n) is 14.8. The minimum absolute atomic E-state index is 0.332. The summed E-state index contributed by atoms with van der Waals surface area (Å²) in [7, 11) is 0. The fourth-order valence-corrected chi connectivity index (χ4v) is 3.30. The maximum atomic E-state index is 13.0. The highest BCUT2D eigenvalue weighted by Crippen LogP contribution is 2.43. The number of allylic oxidation sites excluding steroid dienone is 1. The lowest BCUT2D eigenvalue weighted by Crippen LogP contribution is -2.35. The van der Waals surface area contributed by atoms with E-state index in [2.05, 4.69) is 16.7 Å². The molecule has 3 rings (SSSR count). The molecule has 0 aromatic heterocycles. The first kappa shape index (κ1) is 17.7. The second-order valence-corrected chi connectivity index (χ2v) is 6.70. The molecular formula is C21H20FN3O. The lowest BCUT2D eigenvalue weighted by molar-refractivity contribution is 0.255. The van der Waals surface area contributed by atoms with Crippen LogP contribution in [0.25, 0.3) is 5.70 Å². The van der Waals surface area contributed by atoms with Crippen LogP contribution < -0.4 is 10.6 Å². The maximum absolute atomic E-state index is 13.0. The van der Waals surface area contributed by atoms with Gasteiger partial charge in [0.15, 0.2) is 0 Å². The van der Waals surface area contributed by atoms with E-state index in [9.17, 15) is 14.4 Å². The Kier molecular flexibility index (Phi) is 4.77. The van der Waals surface area contributed by atoms with Crippen LogP contribution in [0, 0.1) is 22.6 Å². The van der Waals surface area contributed by atoms with Crippen molar-refractivity contribution in [1.82, 2.24) is 5.32 Å². The standard InChI is InChI=1S/C21H20FN3O/c1-3-21(2)12-14-6-4-5-7-17(14)19(18(21)13-23)25-20(26)24-16-10-8-15(22)9-11-16/h4-11H,3,12H2,1-2H3,(H2,24,25,26)/t21-/m0/s1. The molecule has 4 nitrogen and oxygen atoms in total. The average molecular weight is 349 g/mol. The predicted octanol–water partition coefficient (Wildman–Crippen LogP) is 4.85. The molecule has 26 heavy (non-hydrogen) atoms. The number of benzene rings is 2. The van der Waals surface area contributed by atoms with E-state index in [0.717, 1.165) is 24.0 Å². The van der Waals surface area contributed by atoms with Crippen LogP contribution in [0.15, 0.2) is 54.1 Å². The van der Waals surface area contributed by atoms with Crippen molar-refractivity contribution in [3.8, 4) is 6.07 Å². The van der Waals surface area contributed by atoms with Crippen molar-refractivity contribution in [3.63, 3.8) is 0 Å². The van der Waals surface area contributed by atoms with E-state index in [-0.39, 0.29) is 11.2 Å². The second kappa shape index (κ2) is 7.01. The third-order valence-electron chi connectivity index (χ3n) is 4.95. The number of nitriles is 1. The molecule has 2 N–H and O–H groups in total. The van der Waals surface area contributed by atoms with E-state index in [1.165, 1.54) is 24.3 Å². The summed E-state index contributed by atoms with van der Waals surface area (Å²) in [5.41, 5.74) is 3.23. The Labute approximate surface area is 152 Å². The molecule has 1 aliphatic carbocycles. The van der Waals surface area contributed by atoms with E-state index < -0.39 is 6.03 Å². The summed E-state index contributed by atoms with van der Waals surface area (Å²) in [4.78, 5) is 12.5. The van der Waals surface area contributed by atoms with Gasteiger partial charge in [-0.3, -0.25) is 0 Å². The van der Waals surface area contributed by atoms with E-state index in [1.54, 1.807) is 0 Å². The molecule has 1 atom stereocenters. The third kappa shape index (κ3) is 3.31. The number of hydrogen-bond donors (Lipinski definition) is 2. The van der Waals surface area contributed by atoms with Gasteiger partial charge in [-0.05, 0) is 42.7 Å². The van der Waals surface area contributed by atoms with E-state index in [0.29, 0.717) is 17.0 Å². The van der Waals surface area contributed by atoms with Crippen LogP contribution in [0.3, 0.4) is 0 Å². The van der Waals surface area contributed by atoms with Gasteiger partial charge in [0.1, 0.15) is 5.82 Å². The molecule has 0 fully saturated rings. The van der Waals surface area contributed by atoms with Crippen LogP contribution in [0.1, 0.15) is 31.4 Å². The summed E-state index contributed by atoms with van der Waals surface area (Å²) >= 11 is 0. The quantitative estimate of drug-likeness (QED) is 0.831. The van der Waals surface area contributed by atoms with Crippen molar-refractivity contribution >= 4 is 17.4 Å². The molecule has 1 aliphatic rings. The van der Waals surface area contributed by atoms with Gasteiger partial charge in [0.05, 0.1) is 17.3 Å². The molecule has 0 aliphatic heterocycles. The molecule has 0 spiro atoms. The highest BCUT2D eigenvalue weighted by molar-refractivity contribution is 5.97. The number of carbonyl (C=O) groups excluding carboxylic acids is 1. The molecule has 2 aromatic carbocycles. The zero-order valence-corrected chi connectivity index (χ0v) is 14.8. The molecule has 2 aromatic rings. The molecular weight excluding hydrogens is 329 g/mol. The normalized spacial score (nSPS) is 18.7. The van der Waals surface area contributed by atoms with Crippen LogP contribution in [-0.4, -0.2) is 6.03 Å². The number of fused-ring (bicyclic) bond motifs is 1. The summed E-state index contributed by atoms with van der Waals surface area (Å²) in [6, 6.07) is 15.2. The number of hydrogen-bond acceptors (Lipinski definition) is 2. The first-order chi connectivity index (χ1) is 12.5.